The van der Waals surface area contributed by atoms with Crippen LogP contribution in [0.1, 0.15) is 59.8 Å². The summed E-state index contributed by atoms with van der Waals surface area (Å²) < 4.78 is 72.7. The van der Waals surface area contributed by atoms with Crippen LogP contribution in [0.5, 0.6) is 0 Å². The van der Waals surface area contributed by atoms with Crippen molar-refractivity contribution in [1.82, 2.24) is 14.7 Å². The molecule has 44 heavy (non-hydrogen) atoms. The van der Waals surface area contributed by atoms with Gasteiger partial charge >= 0.3 is 12.2 Å². The van der Waals surface area contributed by atoms with Gasteiger partial charge in [0.05, 0.1) is 28.3 Å². The number of primary amides is 1. The van der Waals surface area contributed by atoms with Crippen molar-refractivity contribution in [3.63, 3.8) is 0 Å². The quantitative estimate of drug-likeness (QED) is 0.210. The van der Waals surface area contributed by atoms with Crippen LogP contribution in [-0.4, -0.2) is 26.8 Å². The maximum absolute atomic E-state index is 15.9. The topological polar surface area (TPSA) is 76.2 Å². The summed E-state index contributed by atoms with van der Waals surface area (Å²) in [6.07, 6.45) is -2.58. The molecule has 3 N–H and O–H groups in total. The number of anilines is 1. The van der Waals surface area contributed by atoms with Crippen LogP contribution in [0.4, 0.5) is 32.4 Å². The highest BCUT2D eigenvalue weighted by Crippen LogP contribution is 2.39. The minimum Gasteiger partial charge on any atom is -0.351 e. The summed E-state index contributed by atoms with van der Waals surface area (Å²) in [5, 5.41) is 7.10. The Morgan fingerprint density at radius 2 is 1.70 bits per heavy atom. The molecule has 232 valence electrons. The number of nitrogens with one attached hydrogen (secondary N) is 1. The number of nitrogens with zero attached hydrogens (tertiary/aromatic N) is 3. The Hall–Kier alpha value is -4.25. The van der Waals surface area contributed by atoms with E-state index in [4.69, 9.17) is 10.8 Å². The number of para-hydroxylation sites is 1. The van der Waals surface area contributed by atoms with Gasteiger partial charge in [0, 0.05) is 42.7 Å². The largest absolute Gasteiger partial charge is 0.416 e. The molecule has 0 fully saturated rings. The van der Waals surface area contributed by atoms with Crippen LogP contribution in [0.25, 0.3) is 16.9 Å². The van der Waals surface area contributed by atoms with Gasteiger partial charge < -0.3 is 11.1 Å². The highest BCUT2D eigenvalue weighted by molar-refractivity contribution is 5.88. The van der Waals surface area contributed by atoms with E-state index < -0.39 is 29.4 Å². The third-order valence-electron chi connectivity index (χ3n) is 8.33. The predicted molar refractivity (Wildman–Crippen MR) is 159 cm³/mol. The third-order valence-corrected chi connectivity index (χ3v) is 8.33. The smallest absolute Gasteiger partial charge is 0.351 e. The Labute approximate surface area is 252 Å². The molecule has 1 aromatic heterocycles. The summed E-state index contributed by atoms with van der Waals surface area (Å²) in [4.78, 5) is 13.5. The first-order valence-corrected chi connectivity index (χ1v) is 14.5. The zero-order valence-electron chi connectivity index (χ0n) is 24.9. The Kier molecular flexibility index (Phi) is 8.53. The number of halogens is 5. The maximum atomic E-state index is 15.9. The maximum Gasteiger partial charge on any atom is 0.416 e. The van der Waals surface area contributed by atoms with Crippen molar-refractivity contribution in [2.75, 3.05) is 5.32 Å². The SMILES string of the molecule is CCc1cccc(CC)c1-n1nc2c(c1-c1cc(F)c(NC(N)=O)cc1F)CN(Cc1ccc(C(F)(F)F)cc1C)[C@H](C)C2. The summed E-state index contributed by atoms with van der Waals surface area (Å²) >= 11 is 0. The number of carbonyl (C=O) groups is 1. The van der Waals surface area contributed by atoms with Crippen molar-refractivity contribution in [2.24, 2.45) is 5.73 Å². The average molecular weight is 612 g/mol. The van der Waals surface area contributed by atoms with Gasteiger partial charge in [-0.2, -0.15) is 18.3 Å². The van der Waals surface area contributed by atoms with Gasteiger partial charge in [0.1, 0.15) is 11.6 Å². The number of hydrogen-bond donors (Lipinski definition) is 2. The molecule has 1 atom stereocenters. The monoisotopic (exact) mass is 611 g/mol. The van der Waals surface area contributed by atoms with Crippen molar-refractivity contribution in [2.45, 2.75) is 72.3 Å². The number of rotatable bonds is 7. The van der Waals surface area contributed by atoms with Crippen LogP contribution in [0.15, 0.2) is 48.5 Å². The van der Waals surface area contributed by atoms with E-state index in [-0.39, 0.29) is 17.3 Å². The fourth-order valence-corrected chi connectivity index (χ4v) is 5.96. The molecule has 0 radical (unpaired) electrons. The number of alkyl halides is 3. The third kappa shape index (κ3) is 5.93. The molecule has 2 heterocycles. The molecule has 3 aromatic carbocycles. The summed E-state index contributed by atoms with van der Waals surface area (Å²) in [6.45, 7) is 8.37. The van der Waals surface area contributed by atoms with E-state index in [1.54, 1.807) is 11.6 Å². The van der Waals surface area contributed by atoms with Crippen molar-refractivity contribution in [3.8, 4) is 16.9 Å². The zero-order chi connectivity index (χ0) is 31.9. The first-order valence-electron chi connectivity index (χ1n) is 14.5. The first kappa shape index (κ1) is 31.2. The second-order valence-electron chi connectivity index (χ2n) is 11.2. The van der Waals surface area contributed by atoms with Crippen molar-refractivity contribution < 1.29 is 26.7 Å². The standard InChI is InChI=1S/C33H34F5N5O/c1-5-20-8-7-9-21(6-2)30(20)43-31(24-14-27(35)29(15-26(24)34)40-32(39)44)25-17-42(19(4)13-28(25)41-43)16-22-10-11-23(12-18(22)3)33(36,37)38/h7-12,14-15,19H,5-6,13,16-17H2,1-4H3,(H3,39,40,44)/t19-/m1/s1. The minimum absolute atomic E-state index is 0.0283. The summed E-state index contributed by atoms with van der Waals surface area (Å²) in [5.41, 5.74) is 9.91. The fourth-order valence-electron chi connectivity index (χ4n) is 5.96. The van der Waals surface area contributed by atoms with Crippen LogP contribution in [0, 0.1) is 18.6 Å². The Morgan fingerprint density at radius 3 is 2.30 bits per heavy atom. The van der Waals surface area contributed by atoms with Crippen molar-refractivity contribution in [3.05, 3.63) is 99.2 Å². The molecule has 11 heteroatoms. The van der Waals surface area contributed by atoms with Crippen LogP contribution < -0.4 is 11.1 Å². The molecule has 5 rings (SSSR count). The van der Waals surface area contributed by atoms with Gasteiger partial charge in [-0.1, -0.05) is 38.1 Å². The van der Waals surface area contributed by atoms with Crippen LogP contribution in [-0.2, 0) is 38.5 Å². The van der Waals surface area contributed by atoms with Gasteiger partial charge in [0.15, 0.2) is 0 Å². The lowest BCUT2D eigenvalue weighted by Gasteiger charge is -2.33. The van der Waals surface area contributed by atoms with Gasteiger partial charge in [0.2, 0.25) is 0 Å². The normalized spacial score (nSPS) is 15.3. The molecule has 1 aliphatic rings. The molecule has 0 unspecified atom stereocenters. The molecule has 4 aromatic rings. The van der Waals surface area contributed by atoms with E-state index in [1.165, 1.54) is 6.07 Å². The molecule has 1 aliphatic heterocycles. The Balaban J connectivity index is 1.66. The molecule has 0 aliphatic carbocycles. The van der Waals surface area contributed by atoms with Gasteiger partial charge in [0.25, 0.3) is 0 Å². The number of fused-ring (bicyclic) bond motifs is 1. The number of hydrogen-bond acceptors (Lipinski definition) is 3. The zero-order valence-corrected chi connectivity index (χ0v) is 24.9. The average Bonchev–Trinajstić information content (AvgIpc) is 3.31. The fraction of sp³-hybridized carbons (Fsp3) is 0.333. The number of aryl methyl sites for hydroxylation is 3. The van der Waals surface area contributed by atoms with Crippen LogP contribution in [0.3, 0.4) is 0 Å². The second kappa shape index (κ2) is 12.0. The lowest BCUT2D eigenvalue weighted by Crippen LogP contribution is -2.38. The number of urea groups is 1. The number of benzene rings is 3. The van der Waals surface area contributed by atoms with E-state index in [0.29, 0.717) is 49.2 Å². The number of nitrogens with two attached hydrogens (primary N) is 1. The molecular formula is C33H34F5N5O. The van der Waals surface area contributed by atoms with Gasteiger partial charge in [-0.25, -0.2) is 18.3 Å². The highest BCUT2D eigenvalue weighted by atomic mass is 19.4. The van der Waals surface area contributed by atoms with Gasteiger partial charge in [-0.05, 0) is 67.1 Å². The van der Waals surface area contributed by atoms with E-state index in [9.17, 15) is 18.0 Å². The number of amides is 2. The number of aromatic nitrogens is 2. The summed E-state index contributed by atoms with van der Waals surface area (Å²) in [5.74, 6) is -1.63. The molecule has 6 nitrogen and oxygen atoms in total. The number of carbonyl (C=O) groups excluding carboxylic acids is 1. The molecule has 0 spiro atoms. The van der Waals surface area contributed by atoms with Gasteiger partial charge in [-0.3, -0.25) is 4.90 Å². The lowest BCUT2D eigenvalue weighted by molar-refractivity contribution is -0.137. The van der Waals surface area contributed by atoms with E-state index in [0.717, 1.165) is 52.3 Å². The van der Waals surface area contributed by atoms with Crippen molar-refractivity contribution >= 4 is 11.7 Å². The van der Waals surface area contributed by atoms with Crippen molar-refractivity contribution in [1.29, 1.82) is 0 Å². The van der Waals surface area contributed by atoms with Gasteiger partial charge in [-0.15, -0.1) is 0 Å². The van der Waals surface area contributed by atoms with E-state index in [2.05, 4.69) is 10.2 Å². The Bertz CT molecular complexity index is 1710. The predicted octanol–water partition coefficient (Wildman–Crippen LogP) is 7.71. The lowest BCUT2D eigenvalue weighted by atomic mass is 9.94. The minimum atomic E-state index is -4.44. The molecule has 0 saturated heterocycles. The highest BCUT2D eigenvalue weighted by Gasteiger charge is 2.34. The molecule has 2 amide bonds. The molecule has 0 bridgehead atoms. The molecular weight excluding hydrogens is 577 g/mol. The summed E-state index contributed by atoms with van der Waals surface area (Å²) in [6, 6.07) is 10.5. The summed E-state index contributed by atoms with van der Waals surface area (Å²) in [7, 11) is 0. The first-order chi connectivity index (χ1) is 20.8. The second-order valence-corrected chi connectivity index (χ2v) is 11.2. The molecule has 0 saturated carbocycles. The van der Waals surface area contributed by atoms with E-state index in [1.807, 2.05) is 39.0 Å². The van der Waals surface area contributed by atoms with E-state index >= 15 is 8.78 Å². The Morgan fingerprint density at radius 1 is 1.02 bits per heavy atom. The van der Waals surface area contributed by atoms with Crippen LogP contribution >= 0.6 is 0 Å². The van der Waals surface area contributed by atoms with Crippen LogP contribution in [0.2, 0.25) is 0 Å².